The van der Waals surface area contributed by atoms with Crippen molar-refractivity contribution in [1.29, 1.82) is 0 Å². The number of pyridine rings is 1. The highest BCUT2D eigenvalue weighted by atomic mass is 79.9. The third kappa shape index (κ3) is 5.41. The molecule has 2 N–H and O–H groups in total. The van der Waals surface area contributed by atoms with Gasteiger partial charge in [0, 0.05) is 42.1 Å². The summed E-state index contributed by atoms with van der Waals surface area (Å²) in [6.45, 7) is 2.22. The number of halogens is 3. The lowest BCUT2D eigenvalue weighted by atomic mass is 10.0. The van der Waals surface area contributed by atoms with E-state index in [-0.39, 0.29) is 28.3 Å². The number of nitrogens with one attached hydrogen (secondary N) is 2. The van der Waals surface area contributed by atoms with Gasteiger partial charge in [-0.25, -0.2) is 8.78 Å². The lowest BCUT2D eigenvalue weighted by molar-refractivity contribution is 0.0937. The summed E-state index contributed by atoms with van der Waals surface area (Å²) in [6.07, 6.45) is 0. The molecule has 0 aliphatic carbocycles. The van der Waals surface area contributed by atoms with Crippen molar-refractivity contribution in [1.82, 2.24) is 10.3 Å². The summed E-state index contributed by atoms with van der Waals surface area (Å²) in [5.41, 5.74) is 1.78. The molecule has 0 bridgehead atoms. The van der Waals surface area contributed by atoms with Crippen molar-refractivity contribution >= 4 is 21.8 Å². The van der Waals surface area contributed by atoms with Crippen molar-refractivity contribution in [2.45, 2.75) is 13.5 Å². The summed E-state index contributed by atoms with van der Waals surface area (Å²) in [5.74, 6) is -1.53. The molecule has 0 fully saturated rings. The number of hydrogen-bond donors (Lipinski definition) is 2. The van der Waals surface area contributed by atoms with Crippen LogP contribution in [0, 0.1) is 18.6 Å². The Hall–Kier alpha value is -3.04. The van der Waals surface area contributed by atoms with Crippen LogP contribution in [0.15, 0.2) is 51.7 Å². The smallest absolute Gasteiger partial charge is 0.266 e. The molecule has 0 saturated heterocycles. The molecule has 0 aliphatic heterocycles. The van der Waals surface area contributed by atoms with Crippen molar-refractivity contribution in [3.63, 3.8) is 0 Å². The minimum absolute atomic E-state index is 0.121. The predicted octanol–water partition coefficient (Wildman–Crippen LogP) is 4.35. The van der Waals surface area contributed by atoms with Gasteiger partial charge in [-0.2, -0.15) is 0 Å². The number of carbonyl (C=O) groups is 1. The number of aromatic nitrogens is 1. The second-order valence-corrected chi connectivity index (χ2v) is 7.74. The molecule has 6 nitrogen and oxygen atoms in total. The number of aryl methyl sites for hydroxylation is 1. The van der Waals surface area contributed by atoms with E-state index in [1.807, 2.05) is 0 Å². The SMILES string of the molecule is COCCNC(=O)c1cccc(-c2c(C)[nH]c(=O)c(Br)c2OCc2ccc(F)cc2F)c1. The molecule has 0 unspecified atom stereocenters. The maximum Gasteiger partial charge on any atom is 0.266 e. The molecule has 0 aliphatic rings. The summed E-state index contributed by atoms with van der Waals surface area (Å²) in [7, 11) is 1.54. The fourth-order valence-electron chi connectivity index (χ4n) is 3.13. The molecule has 0 radical (unpaired) electrons. The van der Waals surface area contributed by atoms with Crippen molar-refractivity contribution in [2.24, 2.45) is 0 Å². The number of benzene rings is 2. The first-order valence-corrected chi connectivity index (χ1v) is 10.5. The Morgan fingerprint density at radius 2 is 1.97 bits per heavy atom. The topological polar surface area (TPSA) is 80.4 Å². The van der Waals surface area contributed by atoms with E-state index in [0.29, 0.717) is 35.5 Å². The number of carbonyl (C=O) groups excluding carboxylic acids is 1. The number of H-pyrrole nitrogens is 1. The Labute approximate surface area is 191 Å². The monoisotopic (exact) mass is 506 g/mol. The molecule has 3 aromatic rings. The molecule has 1 heterocycles. The number of rotatable bonds is 8. The lowest BCUT2D eigenvalue weighted by Crippen LogP contribution is -2.26. The zero-order chi connectivity index (χ0) is 23.3. The van der Waals surface area contributed by atoms with E-state index in [1.54, 1.807) is 38.3 Å². The highest BCUT2D eigenvalue weighted by Crippen LogP contribution is 2.37. The van der Waals surface area contributed by atoms with Gasteiger partial charge in [0.2, 0.25) is 0 Å². The first-order valence-electron chi connectivity index (χ1n) is 9.68. The van der Waals surface area contributed by atoms with E-state index in [1.165, 1.54) is 6.07 Å². The van der Waals surface area contributed by atoms with E-state index in [0.717, 1.165) is 12.1 Å². The van der Waals surface area contributed by atoms with Gasteiger partial charge >= 0.3 is 0 Å². The van der Waals surface area contributed by atoms with Crippen LogP contribution in [-0.2, 0) is 11.3 Å². The Bertz CT molecular complexity index is 1200. The van der Waals surface area contributed by atoms with E-state index < -0.39 is 17.2 Å². The summed E-state index contributed by atoms with van der Waals surface area (Å²) in [4.78, 5) is 27.5. The largest absolute Gasteiger partial charge is 0.487 e. The Morgan fingerprint density at radius 3 is 2.69 bits per heavy atom. The predicted molar refractivity (Wildman–Crippen MR) is 120 cm³/mol. The van der Waals surface area contributed by atoms with E-state index in [9.17, 15) is 18.4 Å². The molecule has 32 heavy (non-hydrogen) atoms. The molecule has 1 aromatic heterocycles. The summed E-state index contributed by atoms with van der Waals surface area (Å²) in [5, 5.41) is 2.75. The zero-order valence-corrected chi connectivity index (χ0v) is 19.0. The Balaban J connectivity index is 1.98. The van der Waals surface area contributed by atoms with Gasteiger partial charge in [-0.1, -0.05) is 12.1 Å². The van der Waals surface area contributed by atoms with E-state index >= 15 is 0 Å². The van der Waals surface area contributed by atoms with Crippen molar-refractivity contribution < 1.29 is 23.0 Å². The molecule has 3 rings (SSSR count). The molecule has 0 atom stereocenters. The van der Waals surface area contributed by atoms with Crippen LogP contribution in [-0.4, -0.2) is 31.2 Å². The third-order valence-electron chi connectivity index (χ3n) is 4.69. The number of amides is 1. The summed E-state index contributed by atoms with van der Waals surface area (Å²) in [6, 6.07) is 9.99. The van der Waals surface area contributed by atoms with Crippen molar-refractivity contribution in [2.75, 3.05) is 20.3 Å². The minimum atomic E-state index is -0.751. The number of ether oxygens (including phenoxy) is 2. The van der Waals surface area contributed by atoms with Gasteiger partial charge < -0.3 is 19.8 Å². The van der Waals surface area contributed by atoms with Gasteiger partial charge in [-0.05, 0) is 52.7 Å². The van der Waals surface area contributed by atoms with Crippen LogP contribution in [0.5, 0.6) is 5.75 Å². The highest BCUT2D eigenvalue weighted by molar-refractivity contribution is 9.10. The van der Waals surface area contributed by atoms with Crippen molar-refractivity contribution in [3.05, 3.63) is 85.7 Å². The van der Waals surface area contributed by atoms with Gasteiger partial charge in [0.15, 0.2) is 0 Å². The average Bonchev–Trinajstić information content (AvgIpc) is 2.76. The van der Waals surface area contributed by atoms with Crippen LogP contribution < -0.4 is 15.6 Å². The zero-order valence-electron chi connectivity index (χ0n) is 17.4. The molecule has 0 saturated carbocycles. The normalized spacial score (nSPS) is 10.8. The fraction of sp³-hybridized carbons (Fsp3) is 0.217. The Morgan fingerprint density at radius 1 is 1.19 bits per heavy atom. The standard InChI is InChI=1S/C23H21BrF2N2O4/c1-13-19(14-4-3-5-15(10-14)22(29)27-8-9-31-2)21(20(24)23(30)28-13)32-12-16-6-7-17(25)11-18(16)26/h3-7,10-11H,8-9,12H2,1-2H3,(H,27,29)(H,28,30). The number of aromatic amines is 1. The van der Waals surface area contributed by atoms with E-state index in [2.05, 4.69) is 26.2 Å². The van der Waals surface area contributed by atoms with Crippen LogP contribution in [0.1, 0.15) is 21.6 Å². The molecule has 1 amide bonds. The lowest BCUT2D eigenvalue weighted by Gasteiger charge is -2.16. The highest BCUT2D eigenvalue weighted by Gasteiger charge is 2.19. The molecule has 0 spiro atoms. The van der Waals surface area contributed by atoms with Gasteiger partial charge in [-0.3, -0.25) is 9.59 Å². The molecule has 2 aromatic carbocycles. The molecular formula is C23H21BrF2N2O4. The molecule has 168 valence electrons. The van der Waals surface area contributed by atoms with Crippen LogP contribution in [0.25, 0.3) is 11.1 Å². The summed E-state index contributed by atoms with van der Waals surface area (Å²) >= 11 is 3.24. The number of hydrogen-bond acceptors (Lipinski definition) is 4. The van der Waals surface area contributed by atoms with Crippen LogP contribution in [0.4, 0.5) is 8.78 Å². The second kappa shape index (κ2) is 10.5. The van der Waals surface area contributed by atoms with Crippen LogP contribution in [0.3, 0.4) is 0 Å². The maximum absolute atomic E-state index is 14.1. The quantitative estimate of drug-likeness (QED) is 0.445. The van der Waals surface area contributed by atoms with Crippen LogP contribution in [0.2, 0.25) is 0 Å². The fourth-order valence-corrected chi connectivity index (χ4v) is 3.54. The third-order valence-corrected chi connectivity index (χ3v) is 5.41. The second-order valence-electron chi connectivity index (χ2n) is 6.95. The van der Waals surface area contributed by atoms with Crippen LogP contribution >= 0.6 is 15.9 Å². The minimum Gasteiger partial charge on any atom is -0.487 e. The Kier molecular flexibility index (Phi) is 7.76. The first kappa shape index (κ1) is 23.6. The maximum atomic E-state index is 14.1. The van der Waals surface area contributed by atoms with Crippen molar-refractivity contribution in [3.8, 4) is 16.9 Å². The molecule has 9 heteroatoms. The van der Waals surface area contributed by atoms with Gasteiger partial charge in [0.1, 0.15) is 28.5 Å². The first-order chi connectivity index (χ1) is 15.3. The van der Waals surface area contributed by atoms with Gasteiger partial charge in [0.05, 0.1) is 6.61 Å². The van der Waals surface area contributed by atoms with E-state index in [4.69, 9.17) is 9.47 Å². The molecular weight excluding hydrogens is 486 g/mol. The average molecular weight is 507 g/mol. The van der Waals surface area contributed by atoms with Gasteiger partial charge in [-0.15, -0.1) is 0 Å². The summed E-state index contributed by atoms with van der Waals surface area (Å²) < 4.78 is 38.1. The number of methoxy groups -OCH3 is 1. The van der Waals surface area contributed by atoms with Gasteiger partial charge in [0.25, 0.3) is 11.5 Å².